The fraction of sp³-hybridized carbons (Fsp3) is 0.381. The molecule has 2 aliphatic rings. The average Bonchev–Trinajstić information content (AvgIpc) is 3.76. The van der Waals surface area contributed by atoms with Crippen LogP contribution in [0.5, 0.6) is 11.5 Å². The number of anilines is 1. The highest BCUT2D eigenvalue weighted by molar-refractivity contribution is 6.32. The van der Waals surface area contributed by atoms with Crippen molar-refractivity contribution in [3.63, 3.8) is 0 Å². The van der Waals surface area contributed by atoms with Crippen LogP contribution in [0.25, 0.3) is 11.1 Å². The number of carbonyl (C=O) groups is 1. The molecule has 272 valence electrons. The van der Waals surface area contributed by atoms with Gasteiger partial charge in [-0.3, -0.25) is 4.79 Å². The maximum atomic E-state index is 11.2. The van der Waals surface area contributed by atoms with Gasteiger partial charge in [-0.25, -0.2) is 0 Å². The number of primary amides is 1. The number of likely N-dealkylation sites (tertiary alicyclic amines) is 1. The number of hydrogen-bond donors (Lipinski definition) is 3. The molecule has 0 spiro atoms. The fourth-order valence-corrected chi connectivity index (χ4v) is 7.48. The molecular formula is C42H48ClN5O4. The van der Waals surface area contributed by atoms with E-state index in [9.17, 15) is 15.2 Å². The van der Waals surface area contributed by atoms with E-state index in [-0.39, 0.29) is 18.6 Å². The van der Waals surface area contributed by atoms with Crippen LogP contribution in [-0.2, 0) is 31.0 Å². The van der Waals surface area contributed by atoms with Gasteiger partial charge >= 0.3 is 0 Å². The lowest BCUT2D eigenvalue weighted by Crippen LogP contribution is -2.28. The molecule has 52 heavy (non-hydrogen) atoms. The molecule has 4 aromatic rings. The van der Waals surface area contributed by atoms with E-state index in [1.54, 1.807) is 6.07 Å². The number of aliphatic hydroxyl groups excluding tert-OH is 1. The first kappa shape index (κ1) is 37.2. The number of nitriles is 1. The third-order valence-corrected chi connectivity index (χ3v) is 10.3. The second-order valence-electron chi connectivity index (χ2n) is 13.8. The highest BCUT2D eigenvalue weighted by Crippen LogP contribution is 2.39. The first-order valence-corrected chi connectivity index (χ1v) is 18.6. The molecule has 4 aromatic carbocycles. The number of rotatable bonds is 17. The average molecular weight is 722 g/mol. The molecule has 6 rings (SSSR count). The maximum absolute atomic E-state index is 11.2. The zero-order valence-electron chi connectivity index (χ0n) is 29.9. The second-order valence-corrected chi connectivity index (χ2v) is 14.2. The second kappa shape index (κ2) is 17.8. The number of nitrogens with two attached hydrogens (primary N) is 1. The number of fused-ring (bicyclic) bond motifs is 1. The normalized spacial score (nSPS) is 15.4. The smallest absolute Gasteiger partial charge is 0.217 e. The van der Waals surface area contributed by atoms with Crippen molar-refractivity contribution in [2.45, 2.75) is 64.9 Å². The van der Waals surface area contributed by atoms with Gasteiger partial charge in [-0.15, -0.1) is 0 Å². The number of nitrogens with one attached hydrogen (secondary N) is 1. The van der Waals surface area contributed by atoms with Crippen molar-refractivity contribution in [3.05, 3.63) is 111 Å². The van der Waals surface area contributed by atoms with Crippen molar-refractivity contribution in [1.82, 2.24) is 10.2 Å². The molecule has 1 unspecified atom stereocenters. The van der Waals surface area contributed by atoms with E-state index < -0.39 is 0 Å². The summed E-state index contributed by atoms with van der Waals surface area (Å²) in [6, 6.07) is 26.2. The Balaban J connectivity index is 1.15. The molecule has 1 fully saturated rings. The molecule has 1 amide bonds. The minimum absolute atomic E-state index is 0.172. The Morgan fingerprint density at radius 1 is 0.981 bits per heavy atom. The summed E-state index contributed by atoms with van der Waals surface area (Å²) in [6.45, 7) is 8.70. The van der Waals surface area contributed by atoms with Crippen molar-refractivity contribution in [2.24, 2.45) is 5.73 Å². The van der Waals surface area contributed by atoms with Crippen LogP contribution in [0.2, 0.25) is 5.02 Å². The van der Waals surface area contributed by atoms with Crippen LogP contribution in [0.4, 0.5) is 5.69 Å². The Hall–Kier alpha value is -4.59. The van der Waals surface area contributed by atoms with Gasteiger partial charge in [0.05, 0.1) is 22.8 Å². The lowest BCUT2D eigenvalue weighted by molar-refractivity contribution is -0.118. The standard InChI is InChI=1S/C42H48ClN5O4/c1-29-32(9-3-10-35(29)36-11-4-12-39-37(36)15-20-48(39)18-6-17-47-19-14-34(49)26-47)28-52-41-23-40(51-27-31-8-2-7-30(21-31)24-44)33(22-38(41)43)25-46-16-5-13-42(45)50/h2-4,7-12,21-23,34,46,49H,5-6,13-20,25-28H2,1H3,(H2,45,50). The van der Waals surface area contributed by atoms with Gasteiger partial charge in [-0.1, -0.05) is 54.1 Å². The number of carbonyl (C=O) groups excluding carboxylic acids is 1. The van der Waals surface area contributed by atoms with Crippen LogP contribution in [0.1, 0.15) is 59.1 Å². The lowest BCUT2D eigenvalue weighted by Gasteiger charge is -2.22. The molecule has 4 N–H and O–H groups in total. The van der Waals surface area contributed by atoms with Gasteiger partial charge in [-0.05, 0) is 103 Å². The summed E-state index contributed by atoms with van der Waals surface area (Å²) >= 11 is 6.81. The third kappa shape index (κ3) is 9.44. The summed E-state index contributed by atoms with van der Waals surface area (Å²) in [5.41, 5.74) is 15.0. The van der Waals surface area contributed by atoms with E-state index in [4.69, 9.17) is 26.8 Å². The Morgan fingerprint density at radius 2 is 1.79 bits per heavy atom. The van der Waals surface area contributed by atoms with Crippen LogP contribution in [0.3, 0.4) is 0 Å². The van der Waals surface area contributed by atoms with Gasteiger partial charge in [0, 0.05) is 56.5 Å². The molecule has 2 heterocycles. The molecule has 0 bridgehead atoms. The number of benzene rings is 4. The molecule has 0 radical (unpaired) electrons. The van der Waals surface area contributed by atoms with E-state index in [1.165, 1.54) is 27.9 Å². The van der Waals surface area contributed by atoms with Crippen LogP contribution < -0.4 is 25.4 Å². The van der Waals surface area contributed by atoms with E-state index in [2.05, 4.69) is 64.5 Å². The molecule has 1 saturated heterocycles. The Kier molecular flexibility index (Phi) is 12.7. The van der Waals surface area contributed by atoms with Gasteiger partial charge in [0.2, 0.25) is 5.91 Å². The van der Waals surface area contributed by atoms with E-state index in [0.29, 0.717) is 54.6 Å². The SMILES string of the molecule is Cc1c(COc2cc(OCc3cccc(C#N)c3)c(CNCCCC(N)=O)cc2Cl)cccc1-c1cccc2c1CCN2CCCN1CCC(O)C1. The van der Waals surface area contributed by atoms with E-state index in [0.717, 1.165) is 68.7 Å². The number of amides is 1. The van der Waals surface area contributed by atoms with Crippen molar-refractivity contribution in [1.29, 1.82) is 5.26 Å². The number of halogens is 1. The zero-order chi connectivity index (χ0) is 36.5. The first-order valence-electron chi connectivity index (χ1n) is 18.2. The summed E-state index contributed by atoms with van der Waals surface area (Å²) in [6.07, 6.45) is 3.76. The zero-order valence-corrected chi connectivity index (χ0v) is 30.6. The third-order valence-electron chi connectivity index (χ3n) is 10.1. The highest BCUT2D eigenvalue weighted by atomic mass is 35.5. The Labute approximate surface area is 311 Å². The number of aliphatic hydroxyl groups is 1. The van der Waals surface area contributed by atoms with Crippen LogP contribution >= 0.6 is 11.6 Å². The van der Waals surface area contributed by atoms with Crippen molar-refractivity contribution >= 4 is 23.2 Å². The predicted molar refractivity (Wildman–Crippen MR) is 206 cm³/mol. The molecule has 0 aliphatic carbocycles. The first-order chi connectivity index (χ1) is 25.3. The largest absolute Gasteiger partial charge is 0.488 e. The summed E-state index contributed by atoms with van der Waals surface area (Å²) in [5, 5.41) is 23.0. The molecule has 1 atom stereocenters. The molecule has 2 aliphatic heterocycles. The summed E-state index contributed by atoms with van der Waals surface area (Å²) in [4.78, 5) is 16.0. The quantitative estimate of drug-likeness (QED) is 0.105. The van der Waals surface area contributed by atoms with E-state index in [1.807, 2.05) is 30.3 Å². The molecular weight excluding hydrogens is 674 g/mol. The van der Waals surface area contributed by atoms with E-state index >= 15 is 0 Å². The van der Waals surface area contributed by atoms with Gasteiger partial charge in [0.15, 0.2) is 0 Å². The molecule has 0 saturated carbocycles. The molecule has 10 heteroatoms. The highest BCUT2D eigenvalue weighted by Gasteiger charge is 2.24. The van der Waals surface area contributed by atoms with Gasteiger partial charge in [-0.2, -0.15) is 5.26 Å². The van der Waals surface area contributed by atoms with Gasteiger partial charge in [0.1, 0.15) is 24.7 Å². The van der Waals surface area contributed by atoms with Crippen molar-refractivity contribution in [3.8, 4) is 28.7 Å². The maximum Gasteiger partial charge on any atom is 0.217 e. The minimum atomic E-state index is -0.322. The number of hydrogen-bond acceptors (Lipinski definition) is 8. The van der Waals surface area contributed by atoms with Crippen LogP contribution in [0.15, 0.2) is 72.8 Å². The predicted octanol–water partition coefficient (Wildman–Crippen LogP) is 6.52. The molecule has 9 nitrogen and oxygen atoms in total. The fourth-order valence-electron chi connectivity index (χ4n) is 7.23. The Morgan fingerprint density at radius 3 is 2.60 bits per heavy atom. The number of ether oxygens (including phenoxy) is 2. The van der Waals surface area contributed by atoms with Crippen LogP contribution in [-0.4, -0.2) is 61.3 Å². The summed E-state index contributed by atoms with van der Waals surface area (Å²) in [7, 11) is 0. The lowest BCUT2D eigenvalue weighted by atomic mass is 9.92. The topological polar surface area (TPSA) is 124 Å². The molecule has 0 aromatic heterocycles. The Bertz CT molecular complexity index is 1910. The van der Waals surface area contributed by atoms with Gasteiger partial charge in [0.25, 0.3) is 0 Å². The summed E-state index contributed by atoms with van der Waals surface area (Å²) < 4.78 is 12.7. The number of β-amino-alcohol motifs (C(OH)–C–C–N with tert-alkyl or cyclic N) is 1. The number of nitrogens with zero attached hydrogens (tertiary/aromatic N) is 3. The minimum Gasteiger partial charge on any atom is -0.488 e. The summed E-state index contributed by atoms with van der Waals surface area (Å²) in [5.74, 6) is 0.818. The van der Waals surface area contributed by atoms with Gasteiger partial charge < -0.3 is 35.4 Å². The van der Waals surface area contributed by atoms with Crippen LogP contribution in [0, 0.1) is 18.3 Å². The van der Waals surface area contributed by atoms with Crippen molar-refractivity contribution < 1.29 is 19.4 Å². The van der Waals surface area contributed by atoms with Crippen molar-refractivity contribution in [2.75, 3.05) is 44.2 Å². The monoisotopic (exact) mass is 721 g/mol.